The number of hydrogen-bond donors (Lipinski definition) is 1. The number of aliphatic hydroxyl groups is 1. The van der Waals surface area contributed by atoms with Crippen molar-refractivity contribution in [2.45, 2.75) is 6.61 Å². The summed E-state index contributed by atoms with van der Waals surface area (Å²) in [5.74, 6) is 1.27. The second kappa shape index (κ2) is 5.71. The van der Waals surface area contributed by atoms with Crippen molar-refractivity contribution in [1.82, 2.24) is 4.98 Å². The molecule has 3 aromatic rings. The van der Waals surface area contributed by atoms with E-state index in [0.717, 1.165) is 26.4 Å². The standard InChI is InChI=1S/C16H15NO3S/c1-19-12-8-13(20-2)14-15(11(12)9-18)21-16(17-14)10-6-4-3-5-7-10/h3-8,18H,9H2,1-2H3. The topological polar surface area (TPSA) is 51.6 Å². The van der Waals surface area contributed by atoms with E-state index in [1.165, 1.54) is 11.3 Å². The molecule has 0 fully saturated rings. The summed E-state index contributed by atoms with van der Waals surface area (Å²) >= 11 is 1.53. The van der Waals surface area contributed by atoms with Gasteiger partial charge in [0.1, 0.15) is 22.0 Å². The highest BCUT2D eigenvalue weighted by molar-refractivity contribution is 7.22. The predicted molar refractivity (Wildman–Crippen MR) is 84.1 cm³/mol. The van der Waals surface area contributed by atoms with Crippen LogP contribution >= 0.6 is 11.3 Å². The van der Waals surface area contributed by atoms with Gasteiger partial charge >= 0.3 is 0 Å². The summed E-state index contributed by atoms with van der Waals surface area (Å²) in [6, 6.07) is 11.7. The lowest BCUT2D eigenvalue weighted by Crippen LogP contribution is -1.94. The van der Waals surface area contributed by atoms with Crippen LogP contribution in [0.25, 0.3) is 20.8 Å². The van der Waals surface area contributed by atoms with Crippen molar-refractivity contribution in [1.29, 1.82) is 0 Å². The van der Waals surface area contributed by atoms with Crippen molar-refractivity contribution < 1.29 is 14.6 Å². The molecule has 1 aromatic heterocycles. The third kappa shape index (κ3) is 2.34. The molecule has 1 N–H and O–H groups in total. The van der Waals surface area contributed by atoms with E-state index < -0.39 is 0 Å². The molecule has 0 unspecified atom stereocenters. The van der Waals surface area contributed by atoms with Crippen molar-refractivity contribution in [3.8, 4) is 22.1 Å². The molecule has 5 heteroatoms. The second-order valence-electron chi connectivity index (χ2n) is 4.48. The van der Waals surface area contributed by atoms with E-state index in [1.807, 2.05) is 30.3 Å². The molecule has 0 saturated heterocycles. The van der Waals surface area contributed by atoms with E-state index in [-0.39, 0.29) is 6.61 Å². The van der Waals surface area contributed by atoms with Crippen LogP contribution in [0.1, 0.15) is 5.56 Å². The van der Waals surface area contributed by atoms with Crippen LogP contribution in [0.4, 0.5) is 0 Å². The quantitative estimate of drug-likeness (QED) is 0.801. The number of aliphatic hydroxyl groups excluding tert-OH is 1. The molecule has 0 amide bonds. The summed E-state index contributed by atoms with van der Waals surface area (Å²) in [5, 5.41) is 10.5. The lowest BCUT2D eigenvalue weighted by atomic mass is 10.2. The van der Waals surface area contributed by atoms with Crippen LogP contribution in [-0.4, -0.2) is 24.3 Å². The van der Waals surface area contributed by atoms with Crippen LogP contribution < -0.4 is 9.47 Å². The summed E-state index contributed by atoms with van der Waals surface area (Å²) in [7, 11) is 3.19. The van der Waals surface area contributed by atoms with E-state index in [9.17, 15) is 5.11 Å². The largest absolute Gasteiger partial charge is 0.496 e. The number of thiazole rings is 1. The van der Waals surface area contributed by atoms with Gasteiger partial charge in [-0.3, -0.25) is 0 Å². The van der Waals surface area contributed by atoms with Gasteiger partial charge in [-0.2, -0.15) is 0 Å². The number of methoxy groups -OCH3 is 2. The average molecular weight is 301 g/mol. The van der Waals surface area contributed by atoms with Gasteiger partial charge in [-0.05, 0) is 0 Å². The van der Waals surface area contributed by atoms with Crippen molar-refractivity contribution in [2.24, 2.45) is 0 Å². The fraction of sp³-hybridized carbons (Fsp3) is 0.188. The number of hydrogen-bond acceptors (Lipinski definition) is 5. The lowest BCUT2D eigenvalue weighted by molar-refractivity contribution is 0.275. The summed E-state index contributed by atoms with van der Waals surface area (Å²) in [4.78, 5) is 4.66. The third-order valence-corrected chi connectivity index (χ3v) is 4.48. The Bertz CT molecular complexity index is 768. The molecule has 108 valence electrons. The minimum Gasteiger partial charge on any atom is -0.496 e. The summed E-state index contributed by atoms with van der Waals surface area (Å²) in [6.45, 7) is -0.0971. The number of nitrogens with zero attached hydrogens (tertiary/aromatic N) is 1. The summed E-state index contributed by atoms with van der Waals surface area (Å²) < 4.78 is 11.6. The molecule has 0 spiro atoms. The van der Waals surface area contributed by atoms with Gasteiger partial charge < -0.3 is 14.6 Å². The predicted octanol–water partition coefficient (Wildman–Crippen LogP) is 3.47. The maximum absolute atomic E-state index is 9.65. The number of aromatic nitrogens is 1. The molecule has 0 aliphatic rings. The molecule has 1 heterocycles. The van der Waals surface area contributed by atoms with E-state index in [4.69, 9.17) is 9.47 Å². The Labute approximate surface area is 126 Å². The van der Waals surface area contributed by atoms with Crippen LogP contribution in [0.15, 0.2) is 36.4 Å². The van der Waals surface area contributed by atoms with Gasteiger partial charge in [0.15, 0.2) is 0 Å². The summed E-state index contributed by atoms with van der Waals surface area (Å²) in [6.07, 6.45) is 0. The van der Waals surface area contributed by atoms with E-state index in [2.05, 4.69) is 4.98 Å². The highest BCUT2D eigenvalue weighted by atomic mass is 32.1. The van der Waals surface area contributed by atoms with Crippen LogP contribution in [0.2, 0.25) is 0 Å². The molecule has 3 rings (SSSR count). The summed E-state index contributed by atoms with van der Waals surface area (Å²) in [5.41, 5.74) is 2.54. The van der Waals surface area contributed by atoms with Crippen LogP contribution in [0, 0.1) is 0 Å². The normalized spacial score (nSPS) is 10.8. The van der Waals surface area contributed by atoms with Crippen molar-refractivity contribution >= 4 is 21.6 Å². The van der Waals surface area contributed by atoms with Gasteiger partial charge in [0.2, 0.25) is 0 Å². The number of fused-ring (bicyclic) bond motifs is 1. The van der Waals surface area contributed by atoms with Gasteiger partial charge in [0, 0.05) is 17.2 Å². The molecule has 0 atom stereocenters. The first-order chi connectivity index (χ1) is 10.3. The van der Waals surface area contributed by atoms with E-state index in [1.54, 1.807) is 20.3 Å². The van der Waals surface area contributed by atoms with Crippen LogP contribution in [0.3, 0.4) is 0 Å². The van der Waals surface area contributed by atoms with Crippen molar-refractivity contribution in [3.05, 3.63) is 42.0 Å². The molecule has 0 bridgehead atoms. The molecular formula is C16H15NO3S. The molecule has 0 aliphatic carbocycles. The minimum atomic E-state index is -0.0971. The zero-order valence-electron chi connectivity index (χ0n) is 11.8. The van der Waals surface area contributed by atoms with Crippen molar-refractivity contribution in [2.75, 3.05) is 14.2 Å². The molecule has 0 aliphatic heterocycles. The molecule has 2 aromatic carbocycles. The van der Waals surface area contributed by atoms with E-state index in [0.29, 0.717) is 11.5 Å². The first kappa shape index (κ1) is 13.9. The molecule has 4 nitrogen and oxygen atoms in total. The highest BCUT2D eigenvalue weighted by Gasteiger charge is 2.18. The van der Waals surface area contributed by atoms with Gasteiger partial charge in [0.05, 0.1) is 25.5 Å². The minimum absolute atomic E-state index is 0.0971. The zero-order valence-corrected chi connectivity index (χ0v) is 12.6. The van der Waals surface area contributed by atoms with Crippen LogP contribution in [0.5, 0.6) is 11.5 Å². The van der Waals surface area contributed by atoms with Gasteiger partial charge in [-0.15, -0.1) is 11.3 Å². The number of rotatable bonds is 4. The Morgan fingerprint density at radius 3 is 2.43 bits per heavy atom. The fourth-order valence-corrected chi connectivity index (χ4v) is 3.39. The Kier molecular flexibility index (Phi) is 3.77. The average Bonchev–Trinajstić information content (AvgIpc) is 2.99. The van der Waals surface area contributed by atoms with E-state index >= 15 is 0 Å². The smallest absolute Gasteiger partial charge is 0.149 e. The first-order valence-electron chi connectivity index (χ1n) is 6.49. The third-order valence-electron chi connectivity index (χ3n) is 3.31. The number of ether oxygens (including phenoxy) is 2. The zero-order chi connectivity index (χ0) is 14.8. The first-order valence-corrected chi connectivity index (χ1v) is 7.30. The van der Waals surface area contributed by atoms with Gasteiger partial charge in [-0.25, -0.2) is 4.98 Å². The molecule has 0 radical (unpaired) electrons. The highest BCUT2D eigenvalue weighted by Crippen LogP contribution is 2.41. The monoisotopic (exact) mass is 301 g/mol. The molecular weight excluding hydrogens is 286 g/mol. The Hall–Kier alpha value is -2.11. The van der Waals surface area contributed by atoms with Gasteiger partial charge in [0.25, 0.3) is 0 Å². The second-order valence-corrected chi connectivity index (χ2v) is 5.48. The lowest BCUT2D eigenvalue weighted by Gasteiger charge is -2.09. The SMILES string of the molecule is COc1cc(OC)c2nc(-c3ccccc3)sc2c1CO. The van der Waals surface area contributed by atoms with Gasteiger partial charge in [-0.1, -0.05) is 30.3 Å². The maximum atomic E-state index is 9.65. The van der Waals surface area contributed by atoms with Crippen LogP contribution in [-0.2, 0) is 6.61 Å². The fourth-order valence-electron chi connectivity index (χ4n) is 2.27. The number of benzene rings is 2. The Balaban J connectivity index is 2.29. The molecule has 21 heavy (non-hydrogen) atoms. The van der Waals surface area contributed by atoms with Crippen molar-refractivity contribution in [3.63, 3.8) is 0 Å². The molecule has 0 saturated carbocycles. The maximum Gasteiger partial charge on any atom is 0.149 e. The Morgan fingerprint density at radius 2 is 1.81 bits per heavy atom. The Morgan fingerprint density at radius 1 is 1.10 bits per heavy atom.